The summed E-state index contributed by atoms with van der Waals surface area (Å²) in [5, 5.41) is 22.1. The molecule has 1 amide bonds. The topological polar surface area (TPSA) is 69.6 Å². The van der Waals surface area contributed by atoms with Gasteiger partial charge in [0.25, 0.3) is 5.91 Å². The van der Waals surface area contributed by atoms with E-state index in [2.05, 4.69) is 5.32 Å². The molecule has 0 aromatic heterocycles. The standard InChI is InChI=1S/C14H19NO3/c16-10-14(8-4-1-5-9-14)15-13(18)11-6-2-3-7-12(11)17/h2-3,6-7,16-17H,1,4-5,8-10H2,(H,15,18). The molecule has 1 fully saturated rings. The van der Waals surface area contributed by atoms with Crippen molar-refractivity contribution in [3.8, 4) is 5.75 Å². The minimum atomic E-state index is -0.516. The average Bonchev–Trinajstić information content (AvgIpc) is 2.40. The monoisotopic (exact) mass is 249 g/mol. The fraction of sp³-hybridized carbons (Fsp3) is 0.500. The zero-order valence-corrected chi connectivity index (χ0v) is 10.4. The van der Waals surface area contributed by atoms with Crippen LogP contribution in [0.4, 0.5) is 0 Å². The molecule has 2 rings (SSSR count). The second-order valence-corrected chi connectivity index (χ2v) is 4.97. The molecule has 0 atom stereocenters. The Bertz CT molecular complexity index is 425. The predicted molar refractivity (Wildman–Crippen MR) is 68.5 cm³/mol. The van der Waals surface area contributed by atoms with Gasteiger partial charge in [-0.2, -0.15) is 0 Å². The second kappa shape index (κ2) is 5.40. The number of aromatic hydroxyl groups is 1. The van der Waals surface area contributed by atoms with Gasteiger partial charge < -0.3 is 15.5 Å². The summed E-state index contributed by atoms with van der Waals surface area (Å²) >= 11 is 0. The minimum absolute atomic E-state index is 0.0288. The van der Waals surface area contributed by atoms with Crippen LogP contribution >= 0.6 is 0 Å². The third-order valence-electron chi connectivity index (χ3n) is 3.64. The van der Waals surface area contributed by atoms with Crippen LogP contribution < -0.4 is 5.32 Å². The first-order valence-corrected chi connectivity index (χ1v) is 6.38. The molecule has 0 radical (unpaired) electrons. The summed E-state index contributed by atoms with van der Waals surface area (Å²) < 4.78 is 0. The summed E-state index contributed by atoms with van der Waals surface area (Å²) in [7, 11) is 0. The molecular formula is C14H19NO3. The Hall–Kier alpha value is -1.55. The molecule has 0 spiro atoms. The van der Waals surface area contributed by atoms with Crippen molar-refractivity contribution >= 4 is 5.91 Å². The van der Waals surface area contributed by atoms with Crippen LogP contribution in [-0.4, -0.2) is 28.3 Å². The molecule has 1 aromatic rings. The third kappa shape index (κ3) is 2.64. The van der Waals surface area contributed by atoms with E-state index in [1.54, 1.807) is 18.2 Å². The normalized spacial score (nSPS) is 18.3. The van der Waals surface area contributed by atoms with Gasteiger partial charge in [0, 0.05) is 0 Å². The number of rotatable bonds is 3. The lowest BCUT2D eigenvalue weighted by molar-refractivity contribution is 0.0756. The first-order valence-electron chi connectivity index (χ1n) is 6.38. The van der Waals surface area contributed by atoms with E-state index >= 15 is 0 Å². The smallest absolute Gasteiger partial charge is 0.255 e. The van der Waals surface area contributed by atoms with Gasteiger partial charge in [-0.05, 0) is 25.0 Å². The Morgan fingerprint density at radius 2 is 1.89 bits per heavy atom. The van der Waals surface area contributed by atoms with Crippen molar-refractivity contribution in [2.24, 2.45) is 0 Å². The van der Waals surface area contributed by atoms with E-state index in [4.69, 9.17) is 0 Å². The van der Waals surface area contributed by atoms with Crippen LogP contribution in [0.15, 0.2) is 24.3 Å². The van der Waals surface area contributed by atoms with Crippen LogP contribution in [-0.2, 0) is 0 Å². The highest BCUT2D eigenvalue weighted by Gasteiger charge is 2.33. The minimum Gasteiger partial charge on any atom is -0.507 e. The number of benzene rings is 1. The molecular weight excluding hydrogens is 230 g/mol. The van der Waals surface area contributed by atoms with Crippen molar-refractivity contribution in [2.75, 3.05) is 6.61 Å². The lowest BCUT2D eigenvalue weighted by Crippen LogP contribution is -2.52. The zero-order chi connectivity index (χ0) is 13.0. The molecule has 1 aliphatic rings. The number of aliphatic hydroxyl groups is 1. The van der Waals surface area contributed by atoms with Gasteiger partial charge >= 0.3 is 0 Å². The third-order valence-corrected chi connectivity index (χ3v) is 3.64. The molecule has 0 bridgehead atoms. The molecule has 4 nitrogen and oxygen atoms in total. The van der Waals surface area contributed by atoms with E-state index in [1.807, 2.05) is 0 Å². The van der Waals surface area contributed by atoms with E-state index in [-0.39, 0.29) is 23.8 Å². The second-order valence-electron chi connectivity index (χ2n) is 4.97. The summed E-state index contributed by atoms with van der Waals surface area (Å²) in [6.07, 6.45) is 4.77. The molecule has 0 unspecified atom stereocenters. The van der Waals surface area contributed by atoms with E-state index in [9.17, 15) is 15.0 Å². The van der Waals surface area contributed by atoms with Crippen LogP contribution in [0.2, 0.25) is 0 Å². The van der Waals surface area contributed by atoms with Crippen molar-refractivity contribution in [3.05, 3.63) is 29.8 Å². The van der Waals surface area contributed by atoms with E-state index in [0.29, 0.717) is 0 Å². The maximum absolute atomic E-state index is 12.1. The maximum Gasteiger partial charge on any atom is 0.255 e. The fourth-order valence-electron chi connectivity index (χ4n) is 2.53. The fourth-order valence-corrected chi connectivity index (χ4v) is 2.53. The van der Waals surface area contributed by atoms with Crippen molar-refractivity contribution in [3.63, 3.8) is 0 Å². The molecule has 0 aliphatic heterocycles. The number of carbonyl (C=O) groups is 1. The van der Waals surface area contributed by atoms with Crippen LogP contribution in [0.5, 0.6) is 5.75 Å². The highest BCUT2D eigenvalue weighted by atomic mass is 16.3. The SMILES string of the molecule is O=C(NC1(CO)CCCCC1)c1ccccc1O. The molecule has 1 aliphatic carbocycles. The van der Waals surface area contributed by atoms with Gasteiger partial charge in [-0.25, -0.2) is 0 Å². The number of para-hydroxylation sites is 1. The largest absolute Gasteiger partial charge is 0.507 e. The summed E-state index contributed by atoms with van der Waals surface area (Å²) in [5.41, 5.74) is -0.256. The van der Waals surface area contributed by atoms with Gasteiger partial charge in [0.05, 0.1) is 17.7 Å². The van der Waals surface area contributed by atoms with E-state index < -0.39 is 5.54 Å². The number of hydrogen-bond donors (Lipinski definition) is 3. The van der Waals surface area contributed by atoms with Gasteiger partial charge in [-0.15, -0.1) is 0 Å². The molecule has 98 valence electrons. The van der Waals surface area contributed by atoms with Crippen LogP contribution in [0, 0.1) is 0 Å². The number of phenolic OH excluding ortho intramolecular Hbond substituents is 1. The van der Waals surface area contributed by atoms with Crippen molar-refractivity contribution in [1.29, 1.82) is 0 Å². The summed E-state index contributed by atoms with van der Waals surface area (Å²) in [4.78, 5) is 12.1. The summed E-state index contributed by atoms with van der Waals surface area (Å²) in [6.45, 7) is -0.0493. The number of phenols is 1. The molecule has 0 heterocycles. The van der Waals surface area contributed by atoms with Crippen molar-refractivity contribution < 1.29 is 15.0 Å². The molecule has 18 heavy (non-hydrogen) atoms. The summed E-state index contributed by atoms with van der Waals surface area (Å²) in [5.74, 6) is -0.344. The first-order chi connectivity index (χ1) is 8.67. The summed E-state index contributed by atoms with van der Waals surface area (Å²) in [6, 6.07) is 6.45. The first kappa shape index (κ1) is 12.9. The number of nitrogens with one attached hydrogen (secondary N) is 1. The lowest BCUT2D eigenvalue weighted by atomic mass is 9.82. The Labute approximate surface area is 107 Å². The van der Waals surface area contributed by atoms with Gasteiger partial charge in [0.2, 0.25) is 0 Å². The Morgan fingerprint density at radius 1 is 1.22 bits per heavy atom. The number of aliphatic hydroxyl groups excluding tert-OH is 1. The highest BCUT2D eigenvalue weighted by Crippen LogP contribution is 2.28. The average molecular weight is 249 g/mol. The number of hydrogen-bond acceptors (Lipinski definition) is 3. The predicted octanol–water partition coefficient (Wildman–Crippen LogP) is 1.82. The van der Waals surface area contributed by atoms with Crippen LogP contribution in [0.3, 0.4) is 0 Å². The number of carbonyl (C=O) groups excluding carboxylic acids is 1. The van der Waals surface area contributed by atoms with Crippen LogP contribution in [0.25, 0.3) is 0 Å². The molecule has 0 saturated heterocycles. The highest BCUT2D eigenvalue weighted by molar-refractivity contribution is 5.97. The lowest BCUT2D eigenvalue weighted by Gasteiger charge is -2.36. The van der Waals surface area contributed by atoms with Gasteiger partial charge in [-0.1, -0.05) is 31.4 Å². The van der Waals surface area contributed by atoms with Crippen molar-refractivity contribution in [2.45, 2.75) is 37.6 Å². The zero-order valence-electron chi connectivity index (χ0n) is 10.4. The maximum atomic E-state index is 12.1. The molecule has 1 aromatic carbocycles. The molecule has 3 N–H and O–H groups in total. The Kier molecular flexibility index (Phi) is 3.87. The van der Waals surface area contributed by atoms with Gasteiger partial charge in [0.15, 0.2) is 0 Å². The van der Waals surface area contributed by atoms with Gasteiger partial charge in [-0.3, -0.25) is 4.79 Å². The molecule has 4 heteroatoms. The van der Waals surface area contributed by atoms with Gasteiger partial charge in [0.1, 0.15) is 5.75 Å². The number of amides is 1. The van der Waals surface area contributed by atoms with Crippen molar-refractivity contribution in [1.82, 2.24) is 5.32 Å². The Morgan fingerprint density at radius 3 is 2.50 bits per heavy atom. The molecule has 1 saturated carbocycles. The van der Waals surface area contributed by atoms with E-state index in [1.165, 1.54) is 6.07 Å². The van der Waals surface area contributed by atoms with Crippen LogP contribution in [0.1, 0.15) is 42.5 Å². The quantitative estimate of drug-likeness (QED) is 0.765. The van der Waals surface area contributed by atoms with E-state index in [0.717, 1.165) is 32.1 Å². The Balaban J connectivity index is 2.13.